The van der Waals surface area contributed by atoms with E-state index in [2.05, 4.69) is 0 Å². The van der Waals surface area contributed by atoms with Crippen LogP contribution in [0.4, 0.5) is 11.4 Å². The van der Waals surface area contributed by atoms with E-state index in [1.54, 1.807) is 6.07 Å². The number of hydrogen-bond donors (Lipinski definition) is 4. The molecule has 8 nitrogen and oxygen atoms in total. The van der Waals surface area contributed by atoms with Crippen molar-refractivity contribution in [3.63, 3.8) is 0 Å². The summed E-state index contributed by atoms with van der Waals surface area (Å²) in [6.07, 6.45) is 2.39. The highest BCUT2D eigenvalue weighted by Gasteiger charge is 2.26. The predicted octanol–water partition coefficient (Wildman–Crippen LogP) is -0.542. The fourth-order valence-electron chi connectivity index (χ4n) is 2.35. The fraction of sp³-hybridized carbons (Fsp3) is 0.462. The van der Waals surface area contributed by atoms with E-state index in [1.165, 1.54) is 17.0 Å². The van der Waals surface area contributed by atoms with Gasteiger partial charge in [-0.25, -0.2) is 5.21 Å². The molecule has 4 N–H and O–H groups in total. The summed E-state index contributed by atoms with van der Waals surface area (Å²) in [7, 11) is -1.30. The second-order valence-corrected chi connectivity index (χ2v) is 5.15. The van der Waals surface area contributed by atoms with Crippen LogP contribution in [0.15, 0.2) is 18.2 Å². The first kappa shape index (κ1) is 16.7. The monoisotopic (exact) mass is 310 g/mol. The van der Waals surface area contributed by atoms with Gasteiger partial charge in [-0.1, -0.05) is 12.8 Å². The third-order valence-corrected chi connectivity index (χ3v) is 3.49. The van der Waals surface area contributed by atoms with Gasteiger partial charge in [-0.2, -0.15) is 5.23 Å². The highest BCUT2D eigenvalue weighted by molar-refractivity contribution is 6.40. The molecule has 120 valence electrons. The lowest BCUT2D eigenvalue weighted by atomic mass is 9.83. The van der Waals surface area contributed by atoms with Crippen LogP contribution in [0.5, 0.6) is 5.75 Å². The number of carbonyl (C=O) groups is 1. The van der Waals surface area contributed by atoms with Crippen molar-refractivity contribution in [1.29, 1.82) is 0 Å². The molecule has 0 bridgehead atoms. The number of amides is 1. The predicted molar refractivity (Wildman–Crippen MR) is 78.9 cm³/mol. The fourth-order valence-corrected chi connectivity index (χ4v) is 2.35. The Kier molecular flexibility index (Phi) is 5.75. The third-order valence-electron chi connectivity index (χ3n) is 3.49. The summed E-state index contributed by atoms with van der Waals surface area (Å²) in [5, 5.41) is 36.6. The van der Waals surface area contributed by atoms with Crippen LogP contribution in [0.2, 0.25) is 6.32 Å². The van der Waals surface area contributed by atoms with Crippen molar-refractivity contribution in [1.82, 2.24) is 0 Å². The summed E-state index contributed by atoms with van der Waals surface area (Å²) in [5.41, 5.74) is 0.573. The van der Waals surface area contributed by atoms with E-state index in [1.807, 2.05) is 0 Å². The molecule has 9 heteroatoms. The molecule has 0 aromatic heterocycles. The first-order valence-electron chi connectivity index (χ1n) is 7.15. The van der Waals surface area contributed by atoms with Gasteiger partial charge >= 0.3 is 7.12 Å². The Balaban J connectivity index is 2.02. The first-order valence-corrected chi connectivity index (χ1v) is 7.15. The van der Waals surface area contributed by atoms with E-state index < -0.39 is 12.3 Å². The smallest absolute Gasteiger partial charge is 0.451 e. The van der Waals surface area contributed by atoms with Crippen LogP contribution >= 0.6 is 0 Å². The molecule has 1 unspecified atom stereocenters. The van der Waals surface area contributed by atoms with E-state index in [9.17, 15) is 10.0 Å². The van der Waals surface area contributed by atoms with Gasteiger partial charge < -0.3 is 24.9 Å². The van der Waals surface area contributed by atoms with Crippen molar-refractivity contribution in [2.75, 3.05) is 18.1 Å². The van der Waals surface area contributed by atoms with Crippen LogP contribution in [0.1, 0.15) is 19.3 Å². The molecule has 1 aromatic rings. The molecular weight excluding hydrogens is 291 g/mol. The van der Waals surface area contributed by atoms with Crippen molar-refractivity contribution >= 4 is 24.4 Å². The van der Waals surface area contributed by atoms with Crippen molar-refractivity contribution in [2.45, 2.75) is 25.6 Å². The number of benzene rings is 1. The average Bonchev–Trinajstić information content (AvgIpc) is 2.48. The lowest BCUT2D eigenvalue weighted by Crippen LogP contribution is -2.99. The van der Waals surface area contributed by atoms with Crippen molar-refractivity contribution in [3.8, 4) is 5.75 Å². The molecule has 1 amide bonds. The van der Waals surface area contributed by atoms with Crippen molar-refractivity contribution < 1.29 is 30.0 Å². The molecule has 1 atom stereocenters. The second kappa shape index (κ2) is 7.57. The Morgan fingerprint density at radius 2 is 2.09 bits per heavy atom. The minimum Gasteiger partial charge on any atom is -0.595 e. The number of nitrogens with zero attached hydrogens (tertiary/aromatic N) is 1. The number of rotatable bonds is 7. The Labute approximate surface area is 128 Å². The lowest BCUT2D eigenvalue weighted by Gasteiger charge is -2.30. The van der Waals surface area contributed by atoms with E-state index in [4.69, 9.17) is 20.0 Å². The molecule has 22 heavy (non-hydrogen) atoms. The Bertz CT molecular complexity index is 525. The van der Waals surface area contributed by atoms with Gasteiger partial charge in [0, 0.05) is 18.7 Å². The van der Waals surface area contributed by atoms with Crippen LogP contribution in [0, 0.1) is 5.21 Å². The van der Waals surface area contributed by atoms with Crippen molar-refractivity contribution in [2.24, 2.45) is 0 Å². The molecule has 1 aliphatic heterocycles. The topological polar surface area (TPSA) is 118 Å². The number of quaternary nitrogens is 1. The number of anilines is 1. The van der Waals surface area contributed by atoms with Crippen LogP contribution in [-0.2, 0) is 4.79 Å². The SMILES string of the molecule is O=C1COc2ccc([NH+]([O-])O)cc2N1CCCCCB(O)O. The number of carbonyl (C=O) groups excluding carboxylic acids is 1. The van der Waals surface area contributed by atoms with Gasteiger partial charge in [0.1, 0.15) is 5.75 Å². The minimum absolute atomic E-state index is 0.0607. The van der Waals surface area contributed by atoms with Crippen LogP contribution in [0.3, 0.4) is 0 Å². The maximum atomic E-state index is 12.0. The van der Waals surface area contributed by atoms with E-state index in [0.717, 1.165) is 6.42 Å². The van der Waals surface area contributed by atoms with Gasteiger partial charge in [-0.05, 0) is 18.8 Å². The maximum absolute atomic E-state index is 12.0. The third kappa shape index (κ3) is 4.18. The standard InChI is InChI=1S/C13H19BN2O6/c17-13-9-22-12-5-4-10(16(20)21)8-11(12)15(13)7-3-1-2-6-14(18)19/h4-5,8,16,18-20H,1-3,6-7,9H2. The molecular formula is C13H19BN2O6. The molecule has 0 saturated heterocycles. The largest absolute Gasteiger partial charge is 0.595 e. The van der Waals surface area contributed by atoms with E-state index >= 15 is 0 Å². The second-order valence-electron chi connectivity index (χ2n) is 5.15. The maximum Gasteiger partial charge on any atom is 0.451 e. The summed E-state index contributed by atoms with van der Waals surface area (Å²) in [6.45, 7) is 0.383. The quantitative estimate of drug-likeness (QED) is 0.305. The Hall–Kier alpha value is -1.65. The van der Waals surface area contributed by atoms with Crippen LogP contribution in [0.25, 0.3) is 0 Å². The minimum atomic E-state index is -1.30. The molecule has 0 fully saturated rings. The summed E-state index contributed by atoms with van der Waals surface area (Å²) < 4.78 is 5.31. The van der Waals surface area contributed by atoms with Gasteiger partial charge in [-0.15, -0.1) is 0 Å². The van der Waals surface area contributed by atoms with Crippen LogP contribution in [-0.4, -0.2) is 41.4 Å². The summed E-state index contributed by atoms with van der Waals surface area (Å²) in [6, 6.07) is 4.43. The van der Waals surface area contributed by atoms with Gasteiger partial charge in [0.25, 0.3) is 5.91 Å². The van der Waals surface area contributed by atoms with Gasteiger partial charge in [0.2, 0.25) is 0 Å². The summed E-state index contributed by atoms with van der Waals surface area (Å²) in [5.74, 6) is 0.285. The molecule has 0 spiro atoms. The van der Waals surface area contributed by atoms with Gasteiger partial charge in [0.15, 0.2) is 12.3 Å². The normalized spacial score (nSPS) is 15.3. The number of fused-ring (bicyclic) bond motifs is 1. The molecule has 0 aliphatic carbocycles. The molecule has 1 heterocycles. The summed E-state index contributed by atoms with van der Waals surface area (Å²) in [4.78, 5) is 13.5. The summed E-state index contributed by atoms with van der Waals surface area (Å²) >= 11 is 0. The highest BCUT2D eigenvalue weighted by Crippen LogP contribution is 2.33. The molecule has 1 aliphatic rings. The Morgan fingerprint density at radius 3 is 2.77 bits per heavy atom. The highest BCUT2D eigenvalue weighted by atomic mass is 16.8. The van der Waals surface area contributed by atoms with Crippen molar-refractivity contribution in [3.05, 3.63) is 23.4 Å². The van der Waals surface area contributed by atoms with Gasteiger partial charge in [-0.3, -0.25) is 4.79 Å². The molecule has 0 saturated carbocycles. The number of ether oxygens (including phenoxy) is 1. The Morgan fingerprint density at radius 1 is 1.32 bits per heavy atom. The lowest BCUT2D eigenvalue weighted by molar-refractivity contribution is -0.991. The van der Waals surface area contributed by atoms with E-state index in [-0.39, 0.29) is 18.2 Å². The zero-order valence-corrected chi connectivity index (χ0v) is 12.1. The number of nitrogens with one attached hydrogen (secondary N) is 1. The molecule has 0 radical (unpaired) electrons. The molecule has 1 aromatic carbocycles. The average molecular weight is 310 g/mol. The zero-order chi connectivity index (χ0) is 16.1. The first-order chi connectivity index (χ1) is 10.5. The van der Waals surface area contributed by atoms with Gasteiger partial charge in [0.05, 0.1) is 5.69 Å². The zero-order valence-electron chi connectivity index (χ0n) is 12.1. The number of unbranched alkanes of at least 4 members (excludes halogenated alkanes) is 2. The van der Waals surface area contributed by atoms with Crippen LogP contribution < -0.4 is 14.9 Å². The number of hydrogen-bond acceptors (Lipinski definition) is 6. The molecule has 2 rings (SSSR count). The van der Waals surface area contributed by atoms with E-state index in [0.29, 0.717) is 37.1 Å².